The highest BCUT2D eigenvalue weighted by Crippen LogP contribution is 2.42. The van der Waals surface area contributed by atoms with Gasteiger partial charge in [0.15, 0.2) is 0 Å². The van der Waals surface area contributed by atoms with Crippen molar-refractivity contribution in [3.05, 3.63) is 45.7 Å². The van der Waals surface area contributed by atoms with Gasteiger partial charge in [-0.3, -0.25) is 19.4 Å². The summed E-state index contributed by atoms with van der Waals surface area (Å²) in [5.41, 5.74) is 1.55. The minimum absolute atomic E-state index is 0.0583. The Balaban J connectivity index is 1.72. The number of H-pyrrole nitrogens is 1. The van der Waals surface area contributed by atoms with E-state index in [2.05, 4.69) is 10.4 Å². The molecule has 2 aliphatic rings. The number of ether oxygens (including phenoxy) is 1. The third-order valence-electron chi connectivity index (χ3n) is 5.36. The summed E-state index contributed by atoms with van der Waals surface area (Å²) in [6.07, 6.45) is 5.73. The van der Waals surface area contributed by atoms with Crippen molar-refractivity contribution in [3.8, 4) is 5.75 Å². The summed E-state index contributed by atoms with van der Waals surface area (Å²) in [5, 5.41) is 5.83. The number of carbonyl (C=O) groups excluding carboxylic acids is 1. The molecule has 0 radical (unpaired) electrons. The number of benzene rings is 1. The highest BCUT2D eigenvalue weighted by molar-refractivity contribution is 8.00. The summed E-state index contributed by atoms with van der Waals surface area (Å²) in [6, 6.07) is 8.10. The van der Waals surface area contributed by atoms with E-state index in [4.69, 9.17) is 4.74 Å². The summed E-state index contributed by atoms with van der Waals surface area (Å²) < 4.78 is 7.65. The van der Waals surface area contributed by atoms with Gasteiger partial charge in [0.1, 0.15) is 11.6 Å². The number of thioether (sulfide) groups is 1. The zero-order valence-corrected chi connectivity index (χ0v) is 17.2. The fourth-order valence-corrected chi connectivity index (χ4v) is 5.24. The van der Waals surface area contributed by atoms with Crippen molar-refractivity contribution >= 4 is 23.5 Å². The van der Waals surface area contributed by atoms with Crippen LogP contribution in [-0.4, -0.2) is 27.5 Å². The Morgan fingerprint density at radius 3 is 2.50 bits per heavy atom. The maximum absolute atomic E-state index is 12.9. The molecule has 1 saturated carbocycles. The van der Waals surface area contributed by atoms with E-state index in [1.54, 1.807) is 0 Å². The topological polar surface area (TPSA) is 76.1 Å². The van der Waals surface area contributed by atoms with Crippen LogP contribution in [0.1, 0.15) is 68.4 Å². The van der Waals surface area contributed by atoms with Crippen LogP contribution in [0.4, 0.5) is 5.82 Å². The lowest BCUT2D eigenvalue weighted by atomic mass is 9.95. The molecule has 1 fully saturated rings. The Hall–Kier alpha value is -2.15. The van der Waals surface area contributed by atoms with E-state index in [1.165, 1.54) is 18.2 Å². The molecule has 2 N–H and O–H groups in total. The molecule has 1 aromatic carbocycles. The molecule has 0 bridgehead atoms. The average molecular weight is 402 g/mol. The first-order valence-corrected chi connectivity index (χ1v) is 11.1. The second-order valence-corrected chi connectivity index (χ2v) is 8.93. The fraction of sp³-hybridized carbons (Fsp3) is 0.524. The molecule has 7 heteroatoms. The molecule has 1 atom stereocenters. The first-order valence-electron chi connectivity index (χ1n) is 10.1. The van der Waals surface area contributed by atoms with Gasteiger partial charge in [-0.15, -0.1) is 11.8 Å². The molecule has 0 unspecified atom stereocenters. The number of rotatable bonds is 4. The molecule has 1 aromatic heterocycles. The number of aromatic nitrogens is 2. The predicted molar refractivity (Wildman–Crippen MR) is 112 cm³/mol. The first kappa shape index (κ1) is 19.2. The Morgan fingerprint density at radius 1 is 1.11 bits per heavy atom. The Bertz CT molecular complexity index is 895. The van der Waals surface area contributed by atoms with Crippen molar-refractivity contribution in [1.29, 1.82) is 0 Å². The molecule has 1 aliphatic carbocycles. The number of anilines is 1. The molecule has 1 aliphatic heterocycles. The lowest BCUT2D eigenvalue weighted by Crippen LogP contribution is -2.21. The highest BCUT2D eigenvalue weighted by atomic mass is 32.2. The molecule has 1 amide bonds. The van der Waals surface area contributed by atoms with Gasteiger partial charge < -0.3 is 10.1 Å². The van der Waals surface area contributed by atoms with Gasteiger partial charge in [-0.2, -0.15) is 0 Å². The summed E-state index contributed by atoms with van der Waals surface area (Å²) in [5.74, 6) is 1.73. The molecule has 0 spiro atoms. The van der Waals surface area contributed by atoms with Crippen LogP contribution in [0, 0.1) is 0 Å². The van der Waals surface area contributed by atoms with Crippen LogP contribution in [0.3, 0.4) is 0 Å². The fourth-order valence-electron chi connectivity index (χ4n) is 4.11. The van der Waals surface area contributed by atoms with Crippen LogP contribution in [0.25, 0.3) is 0 Å². The third-order valence-corrected chi connectivity index (χ3v) is 6.63. The van der Waals surface area contributed by atoms with E-state index >= 15 is 0 Å². The van der Waals surface area contributed by atoms with E-state index in [0.717, 1.165) is 37.0 Å². The first-order chi connectivity index (χ1) is 13.5. The van der Waals surface area contributed by atoms with Crippen molar-refractivity contribution in [1.82, 2.24) is 9.78 Å². The molecule has 4 rings (SSSR count). The highest BCUT2D eigenvalue weighted by Gasteiger charge is 2.32. The van der Waals surface area contributed by atoms with Gasteiger partial charge >= 0.3 is 0 Å². The Morgan fingerprint density at radius 2 is 1.82 bits per heavy atom. The molecule has 150 valence electrons. The number of aromatic amines is 1. The summed E-state index contributed by atoms with van der Waals surface area (Å²) in [6.45, 7) is 3.98. The van der Waals surface area contributed by atoms with Crippen molar-refractivity contribution in [2.24, 2.45) is 0 Å². The van der Waals surface area contributed by atoms with Crippen LogP contribution in [0.2, 0.25) is 0 Å². The van der Waals surface area contributed by atoms with Gasteiger partial charge in [0, 0.05) is 0 Å². The van der Waals surface area contributed by atoms with Gasteiger partial charge in [-0.25, -0.2) is 0 Å². The second kappa shape index (κ2) is 8.07. The summed E-state index contributed by atoms with van der Waals surface area (Å²) in [7, 11) is 0. The van der Waals surface area contributed by atoms with Gasteiger partial charge in [0.25, 0.3) is 5.56 Å². The Kier molecular flexibility index (Phi) is 5.53. The number of carbonyl (C=O) groups is 1. The molecular weight excluding hydrogens is 374 g/mol. The van der Waals surface area contributed by atoms with Crippen LogP contribution in [0.5, 0.6) is 5.75 Å². The zero-order valence-electron chi connectivity index (χ0n) is 16.4. The molecule has 6 nitrogen and oxygen atoms in total. The number of hydrogen-bond donors (Lipinski definition) is 2. The zero-order chi connectivity index (χ0) is 19.7. The second-order valence-electron chi connectivity index (χ2n) is 7.84. The Labute approximate surface area is 169 Å². The van der Waals surface area contributed by atoms with E-state index in [1.807, 2.05) is 42.8 Å². The maximum Gasteiger partial charge on any atom is 0.270 e. The SMILES string of the molecule is CC(C)Oc1ccc([C@@H]2SCC(=O)Nc3c2c(=O)[nH]n3C2CCCCC2)cc1. The minimum atomic E-state index is -0.185. The lowest BCUT2D eigenvalue weighted by molar-refractivity contribution is -0.113. The summed E-state index contributed by atoms with van der Waals surface area (Å²) >= 11 is 1.50. The quantitative estimate of drug-likeness (QED) is 0.803. The van der Waals surface area contributed by atoms with E-state index in [0.29, 0.717) is 17.1 Å². The van der Waals surface area contributed by atoms with Gasteiger partial charge in [-0.1, -0.05) is 31.4 Å². The van der Waals surface area contributed by atoms with Crippen LogP contribution in [0.15, 0.2) is 29.1 Å². The number of amides is 1. The molecule has 28 heavy (non-hydrogen) atoms. The van der Waals surface area contributed by atoms with Crippen molar-refractivity contribution in [3.63, 3.8) is 0 Å². The van der Waals surface area contributed by atoms with Crippen LogP contribution >= 0.6 is 11.8 Å². The molecule has 2 aromatic rings. The van der Waals surface area contributed by atoms with Gasteiger partial charge in [-0.05, 0) is 44.4 Å². The van der Waals surface area contributed by atoms with Crippen molar-refractivity contribution < 1.29 is 9.53 Å². The van der Waals surface area contributed by atoms with Crippen LogP contribution in [-0.2, 0) is 4.79 Å². The lowest BCUT2D eigenvalue weighted by Gasteiger charge is -2.24. The molecule has 2 heterocycles. The minimum Gasteiger partial charge on any atom is -0.491 e. The van der Waals surface area contributed by atoms with Gasteiger partial charge in [0.2, 0.25) is 5.91 Å². The van der Waals surface area contributed by atoms with Gasteiger partial charge in [0.05, 0.1) is 28.7 Å². The molecule has 0 saturated heterocycles. The third kappa shape index (κ3) is 3.85. The monoisotopic (exact) mass is 401 g/mol. The summed E-state index contributed by atoms with van der Waals surface area (Å²) in [4.78, 5) is 25.3. The maximum atomic E-state index is 12.9. The number of nitrogens with one attached hydrogen (secondary N) is 2. The van der Waals surface area contributed by atoms with Crippen molar-refractivity contribution in [2.45, 2.75) is 63.3 Å². The predicted octanol–water partition coefficient (Wildman–Crippen LogP) is 4.24. The number of nitrogens with zero attached hydrogens (tertiary/aromatic N) is 1. The van der Waals surface area contributed by atoms with E-state index in [9.17, 15) is 9.59 Å². The number of hydrogen-bond acceptors (Lipinski definition) is 4. The van der Waals surface area contributed by atoms with E-state index < -0.39 is 0 Å². The number of fused-ring (bicyclic) bond motifs is 1. The van der Waals surface area contributed by atoms with Crippen LogP contribution < -0.4 is 15.6 Å². The average Bonchev–Trinajstić information content (AvgIpc) is 2.89. The van der Waals surface area contributed by atoms with E-state index in [-0.39, 0.29) is 28.9 Å². The van der Waals surface area contributed by atoms with Crippen molar-refractivity contribution in [2.75, 3.05) is 11.1 Å². The largest absolute Gasteiger partial charge is 0.491 e. The standard InChI is InChI=1S/C21H27N3O3S/c1-13(2)27-16-10-8-14(9-11-16)19-18-20(22-17(25)12-28-19)24(23-21(18)26)15-6-4-3-5-7-15/h8-11,13,15,19H,3-7,12H2,1-2H3,(H,22,25)(H,23,26)/t19-/m0/s1. The molecular formula is C21H27N3O3S. The normalized spacial score (nSPS) is 20.5. The smallest absolute Gasteiger partial charge is 0.270 e.